The topological polar surface area (TPSA) is 64.3 Å². The van der Waals surface area contributed by atoms with Crippen molar-refractivity contribution in [3.8, 4) is 0 Å². The molecule has 2 N–H and O–H groups in total. The molecule has 1 aromatic heterocycles. The fourth-order valence-corrected chi connectivity index (χ4v) is 2.53. The molecule has 84 valence electrons. The van der Waals surface area contributed by atoms with Crippen LogP contribution in [0.4, 0.5) is 11.1 Å². The second-order valence-electron chi connectivity index (χ2n) is 3.82. The van der Waals surface area contributed by atoms with Gasteiger partial charge in [0.2, 0.25) is 11.1 Å². The van der Waals surface area contributed by atoms with Crippen LogP contribution in [0.1, 0.15) is 12.8 Å². The fourth-order valence-electron chi connectivity index (χ4n) is 1.88. The van der Waals surface area contributed by atoms with Crippen LogP contribution in [0.3, 0.4) is 0 Å². The first-order valence-electron chi connectivity index (χ1n) is 5.12. The van der Waals surface area contributed by atoms with Crippen molar-refractivity contribution < 1.29 is 4.74 Å². The van der Waals surface area contributed by atoms with E-state index in [4.69, 9.17) is 10.5 Å². The third kappa shape index (κ3) is 2.57. The van der Waals surface area contributed by atoms with Gasteiger partial charge in [-0.25, -0.2) is 0 Å². The number of aromatic nitrogens is 2. The zero-order valence-corrected chi connectivity index (χ0v) is 9.66. The van der Waals surface area contributed by atoms with Crippen molar-refractivity contribution in [3.05, 3.63) is 0 Å². The SMILES string of the molecule is COCC1CCN(c2nc(N)ns2)CC1. The third-order valence-electron chi connectivity index (χ3n) is 2.72. The molecule has 1 saturated heterocycles. The van der Waals surface area contributed by atoms with Crippen LogP contribution >= 0.6 is 11.5 Å². The number of hydrogen-bond acceptors (Lipinski definition) is 6. The Hall–Kier alpha value is -0.880. The molecule has 2 heterocycles. The lowest BCUT2D eigenvalue weighted by Crippen LogP contribution is -2.34. The van der Waals surface area contributed by atoms with E-state index in [1.54, 1.807) is 7.11 Å². The molecule has 0 radical (unpaired) electrons. The first kappa shape index (κ1) is 10.6. The van der Waals surface area contributed by atoms with Crippen LogP contribution in [-0.4, -0.2) is 36.2 Å². The van der Waals surface area contributed by atoms with Gasteiger partial charge in [0.1, 0.15) is 0 Å². The minimum Gasteiger partial charge on any atom is -0.384 e. The molecule has 15 heavy (non-hydrogen) atoms. The van der Waals surface area contributed by atoms with Crippen molar-refractivity contribution >= 4 is 22.6 Å². The Kier molecular flexibility index (Phi) is 3.37. The van der Waals surface area contributed by atoms with Gasteiger partial charge in [0, 0.05) is 38.3 Å². The predicted octanol–water partition coefficient (Wildman–Crippen LogP) is 0.983. The largest absolute Gasteiger partial charge is 0.384 e. The normalized spacial score (nSPS) is 18.3. The molecule has 0 amide bonds. The summed E-state index contributed by atoms with van der Waals surface area (Å²) in [4.78, 5) is 6.44. The van der Waals surface area contributed by atoms with Crippen LogP contribution in [0.25, 0.3) is 0 Å². The number of rotatable bonds is 3. The highest BCUT2D eigenvalue weighted by molar-refractivity contribution is 7.09. The zero-order valence-electron chi connectivity index (χ0n) is 8.85. The molecule has 1 aliphatic rings. The quantitative estimate of drug-likeness (QED) is 0.835. The maximum atomic E-state index is 5.50. The van der Waals surface area contributed by atoms with Gasteiger partial charge in [-0.05, 0) is 18.8 Å². The second-order valence-corrected chi connectivity index (χ2v) is 4.55. The predicted molar refractivity (Wildman–Crippen MR) is 61.1 cm³/mol. The summed E-state index contributed by atoms with van der Waals surface area (Å²) in [7, 11) is 1.76. The first-order valence-corrected chi connectivity index (χ1v) is 5.90. The highest BCUT2D eigenvalue weighted by Crippen LogP contribution is 2.25. The van der Waals surface area contributed by atoms with E-state index < -0.39 is 0 Å². The Bertz CT molecular complexity index is 309. The van der Waals surface area contributed by atoms with Gasteiger partial charge in [0.05, 0.1) is 0 Å². The van der Waals surface area contributed by atoms with E-state index in [2.05, 4.69) is 14.3 Å². The summed E-state index contributed by atoms with van der Waals surface area (Å²) in [6.07, 6.45) is 2.32. The summed E-state index contributed by atoms with van der Waals surface area (Å²) in [6.45, 7) is 2.93. The summed E-state index contributed by atoms with van der Waals surface area (Å²) in [5.41, 5.74) is 5.50. The molecular weight excluding hydrogens is 212 g/mol. The van der Waals surface area contributed by atoms with Gasteiger partial charge in [-0.15, -0.1) is 0 Å². The Morgan fingerprint density at radius 2 is 2.27 bits per heavy atom. The van der Waals surface area contributed by atoms with E-state index >= 15 is 0 Å². The summed E-state index contributed by atoms with van der Waals surface area (Å²) in [6, 6.07) is 0. The zero-order chi connectivity index (χ0) is 10.7. The van der Waals surface area contributed by atoms with Crippen molar-refractivity contribution in [2.24, 2.45) is 5.92 Å². The lowest BCUT2D eigenvalue weighted by Gasteiger charge is -2.30. The smallest absolute Gasteiger partial charge is 0.233 e. The number of hydrogen-bond donors (Lipinski definition) is 1. The second kappa shape index (κ2) is 4.76. The highest BCUT2D eigenvalue weighted by Gasteiger charge is 2.21. The van der Waals surface area contributed by atoms with E-state index in [1.807, 2.05) is 0 Å². The average molecular weight is 228 g/mol. The van der Waals surface area contributed by atoms with Crippen molar-refractivity contribution in [3.63, 3.8) is 0 Å². The Labute approximate surface area is 93.4 Å². The minimum atomic E-state index is 0.383. The molecule has 1 fully saturated rings. The molecule has 6 heteroatoms. The number of nitrogen functional groups attached to an aromatic ring is 1. The lowest BCUT2D eigenvalue weighted by molar-refractivity contribution is 0.139. The molecule has 0 bridgehead atoms. The number of piperidine rings is 1. The third-order valence-corrected chi connectivity index (χ3v) is 3.51. The van der Waals surface area contributed by atoms with Gasteiger partial charge in [-0.1, -0.05) is 0 Å². The molecule has 0 aliphatic carbocycles. The van der Waals surface area contributed by atoms with Crippen LogP contribution in [0.2, 0.25) is 0 Å². The van der Waals surface area contributed by atoms with Crippen LogP contribution in [0.15, 0.2) is 0 Å². The first-order chi connectivity index (χ1) is 7.29. The van der Waals surface area contributed by atoms with Gasteiger partial charge in [0.25, 0.3) is 0 Å². The minimum absolute atomic E-state index is 0.383. The standard InChI is InChI=1S/C9H16N4OS/c1-14-6-7-2-4-13(5-3-7)9-11-8(10)12-15-9/h7H,2-6H2,1H3,(H2,10,12). The van der Waals surface area contributed by atoms with Crippen molar-refractivity contribution in [1.29, 1.82) is 0 Å². The van der Waals surface area contributed by atoms with E-state index in [0.717, 1.165) is 37.7 Å². The van der Waals surface area contributed by atoms with Crippen LogP contribution in [-0.2, 0) is 4.74 Å². The van der Waals surface area contributed by atoms with Gasteiger partial charge in [-0.2, -0.15) is 9.36 Å². The van der Waals surface area contributed by atoms with Crippen LogP contribution in [0, 0.1) is 5.92 Å². The van der Waals surface area contributed by atoms with Crippen molar-refractivity contribution in [1.82, 2.24) is 9.36 Å². The average Bonchev–Trinajstić information content (AvgIpc) is 2.67. The Morgan fingerprint density at radius 3 is 2.80 bits per heavy atom. The fraction of sp³-hybridized carbons (Fsp3) is 0.778. The molecule has 0 aromatic carbocycles. The van der Waals surface area contributed by atoms with Gasteiger partial charge in [-0.3, -0.25) is 0 Å². The van der Waals surface area contributed by atoms with Gasteiger partial charge < -0.3 is 15.4 Å². The molecular formula is C9H16N4OS. The monoisotopic (exact) mass is 228 g/mol. The van der Waals surface area contributed by atoms with E-state index in [9.17, 15) is 0 Å². The van der Waals surface area contributed by atoms with Crippen LogP contribution < -0.4 is 10.6 Å². The number of anilines is 2. The molecule has 2 rings (SSSR count). The summed E-state index contributed by atoms with van der Waals surface area (Å²) < 4.78 is 9.15. The van der Waals surface area contributed by atoms with Gasteiger partial charge >= 0.3 is 0 Å². The van der Waals surface area contributed by atoms with Crippen LogP contribution in [0.5, 0.6) is 0 Å². The molecule has 0 spiro atoms. The van der Waals surface area contributed by atoms with Crippen molar-refractivity contribution in [2.45, 2.75) is 12.8 Å². The maximum absolute atomic E-state index is 5.50. The lowest BCUT2D eigenvalue weighted by atomic mass is 9.98. The molecule has 0 atom stereocenters. The molecule has 5 nitrogen and oxygen atoms in total. The summed E-state index contributed by atoms with van der Waals surface area (Å²) in [5.74, 6) is 1.07. The number of nitrogens with zero attached hydrogens (tertiary/aromatic N) is 3. The number of methoxy groups -OCH3 is 1. The molecule has 0 unspecified atom stereocenters. The van der Waals surface area contributed by atoms with E-state index in [-0.39, 0.29) is 0 Å². The molecule has 1 aliphatic heterocycles. The molecule has 1 aromatic rings. The highest BCUT2D eigenvalue weighted by atomic mass is 32.1. The summed E-state index contributed by atoms with van der Waals surface area (Å²) in [5, 5.41) is 0.948. The van der Waals surface area contributed by atoms with E-state index in [1.165, 1.54) is 11.5 Å². The van der Waals surface area contributed by atoms with E-state index in [0.29, 0.717) is 11.9 Å². The van der Waals surface area contributed by atoms with Gasteiger partial charge in [0.15, 0.2) is 0 Å². The summed E-state index contributed by atoms with van der Waals surface area (Å²) >= 11 is 1.38. The number of nitrogens with two attached hydrogens (primary N) is 1. The Balaban J connectivity index is 1.88. The number of ether oxygens (including phenoxy) is 1. The molecule has 0 saturated carbocycles. The Morgan fingerprint density at radius 1 is 1.53 bits per heavy atom. The maximum Gasteiger partial charge on any atom is 0.233 e. The van der Waals surface area contributed by atoms with Crippen molar-refractivity contribution in [2.75, 3.05) is 37.4 Å².